The largest absolute Gasteiger partial charge is 0.493 e. The first-order chi connectivity index (χ1) is 18.5. The van der Waals surface area contributed by atoms with Crippen LogP contribution in [0.25, 0.3) is 0 Å². The third-order valence-corrected chi connectivity index (χ3v) is 8.01. The molecule has 0 spiro atoms. The van der Waals surface area contributed by atoms with E-state index in [4.69, 9.17) is 9.47 Å². The van der Waals surface area contributed by atoms with Crippen LogP contribution in [0.1, 0.15) is 48.1 Å². The molecule has 0 radical (unpaired) electrons. The van der Waals surface area contributed by atoms with Crippen LogP contribution >= 0.6 is 11.3 Å². The summed E-state index contributed by atoms with van der Waals surface area (Å²) in [6, 6.07) is 20.1. The molecule has 38 heavy (non-hydrogen) atoms. The lowest BCUT2D eigenvalue weighted by Crippen LogP contribution is -2.44. The quantitative estimate of drug-likeness (QED) is 0.264. The molecule has 0 aliphatic heterocycles. The molecular formula is C31H38N2O4S. The van der Waals surface area contributed by atoms with Crippen molar-refractivity contribution in [2.75, 3.05) is 33.9 Å². The maximum atomic E-state index is 13.7. The Bertz CT molecular complexity index is 1180. The van der Waals surface area contributed by atoms with Gasteiger partial charge in [-0.25, -0.2) is 0 Å². The summed E-state index contributed by atoms with van der Waals surface area (Å²) >= 11 is 1.64. The van der Waals surface area contributed by atoms with Crippen LogP contribution in [0, 0.1) is 5.92 Å². The lowest BCUT2D eigenvalue weighted by molar-refractivity contribution is -0.141. The molecule has 3 aromatic rings. The van der Waals surface area contributed by atoms with Gasteiger partial charge in [0.1, 0.15) is 0 Å². The Hall–Kier alpha value is -3.32. The van der Waals surface area contributed by atoms with Crippen LogP contribution in [0.3, 0.4) is 0 Å². The van der Waals surface area contributed by atoms with Crippen molar-refractivity contribution in [1.29, 1.82) is 0 Å². The average molecular weight is 535 g/mol. The number of methoxy groups -OCH3 is 2. The summed E-state index contributed by atoms with van der Waals surface area (Å²) in [6.45, 7) is 3.93. The van der Waals surface area contributed by atoms with Gasteiger partial charge >= 0.3 is 0 Å². The van der Waals surface area contributed by atoms with Crippen LogP contribution in [-0.4, -0.2) is 55.5 Å². The Balaban J connectivity index is 1.45. The molecule has 2 aromatic carbocycles. The highest BCUT2D eigenvalue weighted by atomic mass is 32.1. The molecule has 0 N–H and O–H groups in total. The van der Waals surface area contributed by atoms with Crippen molar-refractivity contribution in [2.45, 2.75) is 45.1 Å². The number of rotatable bonds is 14. The topological polar surface area (TPSA) is 59.1 Å². The predicted molar refractivity (Wildman–Crippen MR) is 152 cm³/mol. The first-order valence-corrected chi connectivity index (χ1v) is 14.3. The van der Waals surface area contributed by atoms with Gasteiger partial charge in [0.05, 0.1) is 27.3 Å². The van der Waals surface area contributed by atoms with E-state index in [1.165, 1.54) is 5.56 Å². The van der Waals surface area contributed by atoms with E-state index in [0.717, 1.165) is 29.7 Å². The van der Waals surface area contributed by atoms with E-state index >= 15 is 0 Å². The zero-order valence-electron chi connectivity index (χ0n) is 22.6. The summed E-state index contributed by atoms with van der Waals surface area (Å²) in [5.41, 5.74) is 2.27. The molecule has 2 amide bonds. The number of benzene rings is 2. The van der Waals surface area contributed by atoms with Gasteiger partial charge in [-0.2, -0.15) is 0 Å². The maximum Gasteiger partial charge on any atom is 0.242 e. The van der Waals surface area contributed by atoms with Crippen LogP contribution in [-0.2, 0) is 22.6 Å². The lowest BCUT2D eigenvalue weighted by atomic mass is 10.1. The number of nitrogens with zero attached hydrogens (tertiary/aromatic N) is 2. The van der Waals surface area contributed by atoms with Gasteiger partial charge in [0.2, 0.25) is 11.8 Å². The number of ether oxygens (including phenoxy) is 2. The molecule has 1 heterocycles. The van der Waals surface area contributed by atoms with Crippen LogP contribution in [0.2, 0.25) is 0 Å². The van der Waals surface area contributed by atoms with E-state index in [2.05, 4.69) is 25.1 Å². The standard InChI is InChI=1S/C31H38N2O4S/c1-4-5-16-33(31(35)27-20-26(27)24-10-7-6-8-11-24)22-30(34)32(21-25-12-9-18-38-25)17-15-23-13-14-28(36-2)29(19-23)37-3/h6-14,18-19,26-27H,4-5,15-17,20-22H2,1-3H3. The monoisotopic (exact) mass is 534 g/mol. The first-order valence-electron chi connectivity index (χ1n) is 13.4. The van der Waals surface area contributed by atoms with Gasteiger partial charge in [-0.15, -0.1) is 11.3 Å². The van der Waals surface area contributed by atoms with Gasteiger partial charge in [0.25, 0.3) is 0 Å². The molecule has 2 atom stereocenters. The van der Waals surface area contributed by atoms with Gasteiger partial charge in [-0.3, -0.25) is 9.59 Å². The second-order valence-corrected chi connectivity index (χ2v) is 10.8. The van der Waals surface area contributed by atoms with Gasteiger partial charge in [-0.05, 0) is 59.9 Å². The van der Waals surface area contributed by atoms with Crippen molar-refractivity contribution in [3.63, 3.8) is 0 Å². The molecule has 1 saturated carbocycles. The highest BCUT2D eigenvalue weighted by Gasteiger charge is 2.45. The second-order valence-electron chi connectivity index (χ2n) is 9.81. The minimum atomic E-state index is -0.0282. The number of unbranched alkanes of at least 4 members (excludes halogenated alkanes) is 1. The fourth-order valence-electron chi connectivity index (χ4n) is 4.83. The van der Waals surface area contributed by atoms with E-state index in [1.807, 2.05) is 52.7 Å². The van der Waals surface area contributed by atoms with Crippen LogP contribution in [0.4, 0.5) is 0 Å². The highest BCUT2D eigenvalue weighted by molar-refractivity contribution is 7.09. The number of hydrogen-bond donors (Lipinski definition) is 0. The van der Waals surface area contributed by atoms with Crippen molar-refractivity contribution in [3.8, 4) is 11.5 Å². The van der Waals surface area contributed by atoms with Gasteiger partial charge < -0.3 is 19.3 Å². The average Bonchev–Trinajstić information content (AvgIpc) is 3.59. The van der Waals surface area contributed by atoms with Crippen molar-refractivity contribution >= 4 is 23.2 Å². The molecule has 1 aromatic heterocycles. The van der Waals surface area contributed by atoms with E-state index in [0.29, 0.717) is 37.6 Å². The van der Waals surface area contributed by atoms with Crippen LogP contribution < -0.4 is 9.47 Å². The summed E-state index contributed by atoms with van der Waals surface area (Å²) in [5, 5.41) is 2.03. The minimum absolute atomic E-state index is 0.0137. The van der Waals surface area contributed by atoms with Crippen molar-refractivity contribution in [1.82, 2.24) is 9.80 Å². The number of amides is 2. The number of thiophene rings is 1. The number of carbonyl (C=O) groups excluding carboxylic acids is 2. The van der Waals surface area contributed by atoms with Crippen LogP contribution in [0.5, 0.6) is 11.5 Å². The normalized spacial score (nSPS) is 16.1. The van der Waals surface area contributed by atoms with Crippen LogP contribution in [0.15, 0.2) is 66.0 Å². The molecule has 7 heteroatoms. The SMILES string of the molecule is CCCCN(CC(=O)N(CCc1ccc(OC)c(OC)c1)Cc1cccs1)C(=O)C1CC1c1ccccc1. The lowest BCUT2D eigenvalue weighted by Gasteiger charge is -2.28. The Morgan fingerprint density at radius 3 is 2.42 bits per heavy atom. The molecule has 0 bridgehead atoms. The summed E-state index contributed by atoms with van der Waals surface area (Å²) in [5.74, 6) is 1.68. The summed E-state index contributed by atoms with van der Waals surface area (Å²) in [6.07, 6.45) is 3.40. The Labute approximate surface area is 230 Å². The van der Waals surface area contributed by atoms with Gasteiger partial charge in [0, 0.05) is 23.9 Å². The zero-order chi connectivity index (χ0) is 26.9. The maximum absolute atomic E-state index is 13.7. The molecule has 202 valence electrons. The first kappa shape index (κ1) is 27.7. The molecule has 2 unspecified atom stereocenters. The van der Waals surface area contributed by atoms with Crippen molar-refractivity contribution in [2.24, 2.45) is 5.92 Å². The molecule has 1 aliphatic carbocycles. The number of hydrogen-bond acceptors (Lipinski definition) is 5. The zero-order valence-corrected chi connectivity index (χ0v) is 23.4. The third-order valence-electron chi connectivity index (χ3n) is 7.15. The highest BCUT2D eigenvalue weighted by Crippen LogP contribution is 2.48. The van der Waals surface area contributed by atoms with E-state index in [-0.39, 0.29) is 30.2 Å². The Morgan fingerprint density at radius 2 is 1.74 bits per heavy atom. The van der Waals surface area contributed by atoms with Gasteiger partial charge in [0.15, 0.2) is 11.5 Å². The summed E-state index contributed by atoms with van der Waals surface area (Å²) in [7, 11) is 3.24. The minimum Gasteiger partial charge on any atom is -0.493 e. The molecule has 1 fully saturated rings. The molecule has 4 rings (SSSR count). The molecule has 0 saturated heterocycles. The van der Waals surface area contributed by atoms with E-state index in [1.54, 1.807) is 30.5 Å². The Kier molecular flexibility index (Phi) is 9.82. The third kappa shape index (κ3) is 7.16. The molecule has 6 nitrogen and oxygen atoms in total. The summed E-state index contributed by atoms with van der Waals surface area (Å²) in [4.78, 5) is 32.0. The van der Waals surface area contributed by atoms with Crippen molar-refractivity contribution < 1.29 is 19.1 Å². The van der Waals surface area contributed by atoms with Gasteiger partial charge in [-0.1, -0.05) is 55.8 Å². The van der Waals surface area contributed by atoms with Crippen molar-refractivity contribution in [3.05, 3.63) is 82.0 Å². The Morgan fingerprint density at radius 1 is 0.947 bits per heavy atom. The van der Waals surface area contributed by atoms with E-state index in [9.17, 15) is 9.59 Å². The molecule has 1 aliphatic rings. The predicted octanol–water partition coefficient (Wildman–Crippen LogP) is 5.77. The number of carbonyl (C=O) groups is 2. The fraction of sp³-hybridized carbons (Fsp3) is 0.419. The second kappa shape index (κ2) is 13.5. The van der Waals surface area contributed by atoms with E-state index < -0.39 is 0 Å². The molecular weight excluding hydrogens is 496 g/mol. The smallest absolute Gasteiger partial charge is 0.242 e. The summed E-state index contributed by atoms with van der Waals surface area (Å²) < 4.78 is 10.8. The fourth-order valence-corrected chi connectivity index (χ4v) is 5.55.